The Morgan fingerprint density at radius 3 is 0.662 bits per heavy atom. The predicted octanol–water partition coefficient (Wildman–Crippen LogP) is 32.6. The number of rotatable bonds is 73. The van der Waals surface area contributed by atoms with Gasteiger partial charge in [0.1, 0.15) is 0 Å². The molecule has 7 aromatic heterocycles. The first-order valence-corrected chi connectivity index (χ1v) is 57.3. The monoisotopic (exact) mass is 1900 g/mol. The van der Waals surface area contributed by atoms with E-state index in [9.17, 15) is 0 Å². The van der Waals surface area contributed by atoms with Gasteiger partial charge in [0.25, 0.3) is 0 Å². The number of hydrogen-bond donors (Lipinski definition) is 1. The molecule has 0 atom stereocenters. The number of aromatic nitrogens is 21. The maximum atomic E-state index is 4.32. The highest BCUT2D eigenvalue weighted by Crippen LogP contribution is 2.22. The number of hydrogen-bond acceptors (Lipinski definition) is 14. The van der Waals surface area contributed by atoms with E-state index in [1.165, 1.54) is 312 Å². The summed E-state index contributed by atoms with van der Waals surface area (Å²) in [7, 11) is 0. The smallest absolute Gasteiger partial charge is 0.0856 e. The minimum Gasteiger partial charge on any atom is -0.252 e. The molecule has 788 valence electrons. The van der Waals surface area contributed by atoms with Crippen LogP contribution >= 0.6 is 0 Å². The Hall–Kier alpha value is -6.02. The second-order valence-electron chi connectivity index (χ2n) is 46.5. The van der Waals surface area contributed by atoms with Gasteiger partial charge >= 0.3 is 0 Å². The fourth-order valence-electron chi connectivity index (χ4n) is 16.4. The van der Waals surface area contributed by atoms with Crippen LogP contribution in [0.4, 0.5) is 0 Å². The third-order valence-electron chi connectivity index (χ3n) is 25.4. The first-order chi connectivity index (χ1) is 65.1. The summed E-state index contributed by atoms with van der Waals surface area (Å²) in [5.41, 5.74) is 9.65. The van der Waals surface area contributed by atoms with Crippen molar-refractivity contribution in [1.82, 2.24) is 105 Å². The van der Waals surface area contributed by atoms with Crippen molar-refractivity contribution in [3.8, 4) is 0 Å². The van der Waals surface area contributed by atoms with Gasteiger partial charge in [-0.25, -0.2) is 9.36 Å². The SMILES string of the molecule is CC(C)CCCCCCc1n[nH]nc1CCCC(C)C.CC(C)CCCCCCn1cc(CCC(C)C)nn1.CC(C)CCCCCCn1cc(CCC(C)C)nn1.CC(C)CCCCCc1cnnn1CCCCC(C)C.CC(C)CCCCCc1cnnn1CCCCC(C)C.CC(C)CCCCCn1cc(CCCC(C)C)nn1.CC(C)CCCCCn1cc(CCCC(C)C)nn1. The van der Waals surface area contributed by atoms with Crippen molar-refractivity contribution < 1.29 is 0 Å². The molecule has 0 saturated carbocycles. The Morgan fingerprint density at radius 1 is 0.191 bits per heavy atom. The maximum Gasteiger partial charge on any atom is 0.0856 e. The lowest BCUT2D eigenvalue weighted by molar-refractivity contribution is 0.472. The second kappa shape index (κ2) is 84.6. The van der Waals surface area contributed by atoms with Crippen LogP contribution in [0.1, 0.15) is 528 Å². The topological polar surface area (TPSA) is 226 Å². The van der Waals surface area contributed by atoms with Crippen molar-refractivity contribution in [1.29, 1.82) is 0 Å². The molecule has 136 heavy (non-hydrogen) atoms. The molecule has 0 aromatic carbocycles. The molecule has 0 saturated heterocycles. The first-order valence-electron chi connectivity index (χ1n) is 57.3. The van der Waals surface area contributed by atoms with Crippen LogP contribution in [0.25, 0.3) is 0 Å². The van der Waals surface area contributed by atoms with Crippen LogP contribution in [-0.2, 0) is 90.6 Å². The molecule has 0 fully saturated rings. The summed E-state index contributed by atoms with van der Waals surface area (Å²) < 4.78 is 12.3. The van der Waals surface area contributed by atoms with Gasteiger partial charge < -0.3 is 0 Å². The summed E-state index contributed by atoms with van der Waals surface area (Å²) in [5, 5.41) is 61.9. The number of nitrogens with zero attached hydrogens (tertiary/aromatic N) is 20. The second-order valence-corrected chi connectivity index (χ2v) is 46.5. The number of aryl methyl sites for hydroxylation is 14. The van der Waals surface area contributed by atoms with Gasteiger partial charge in [0, 0.05) is 64.1 Å². The largest absolute Gasteiger partial charge is 0.252 e. The van der Waals surface area contributed by atoms with E-state index in [1.54, 1.807) is 0 Å². The molecule has 21 heteroatoms. The van der Waals surface area contributed by atoms with E-state index in [1.807, 2.05) is 31.1 Å². The van der Waals surface area contributed by atoms with E-state index in [2.05, 4.69) is 305 Å². The van der Waals surface area contributed by atoms with E-state index in [-0.39, 0.29) is 0 Å². The molecule has 7 heterocycles. The zero-order valence-electron chi connectivity index (χ0n) is 94.7. The summed E-state index contributed by atoms with van der Waals surface area (Å²) in [6.45, 7) is 70.2. The third kappa shape index (κ3) is 79.6. The first kappa shape index (κ1) is 128. The molecular formula is C115H223N21. The molecule has 7 rings (SSSR count). The lowest BCUT2D eigenvalue weighted by atomic mass is 10.0. The van der Waals surface area contributed by atoms with E-state index >= 15 is 0 Å². The van der Waals surface area contributed by atoms with Gasteiger partial charge in [-0.05, 0) is 224 Å². The van der Waals surface area contributed by atoms with E-state index in [0.717, 1.165) is 196 Å². The zero-order valence-corrected chi connectivity index (χ0v) is 94.7. The standard InChI is InChI=1S/3C17H33N3.4C16H31N3/c2*1-15(2)10-6-5-7-12-17-14-18-19-20(17)13-9-8-11-16(3)4;1-14(2)10-7-5-6-8-12-16-17(19-20-18-16)13-9-11-15(3)4;2*1-14(2)9-6-5-7-12-19-13-16(17-18-19)11-8-10-15(3)4;2*1-14(2)9-7-5-6-8-12-19-13-16(17-18-19)11-10-15(3)4/h2*14-16H,5-13H2,1-4H3;14-15H,5-13H2,1-4H3,(H,18,19,20);4*13-15H,5-12H2,1-4H3. The van der Waals surface area contributed by atoms with Crippen LogP contribution in [0.3, 0.4) is 0 Å². The Balaban J connectivity index is 0.000000793. The van der Waals surface area contributed by atoms with Gasteiger partial charge in [0.15, 0.2) is 0 Å². The van der Waals surface area contributed by atoms with Crippen LogP contribution in [0.15, 0.2) is 37.2 Å². The van der Waals surface area contributed by atoms with Crippen molar-refractivity contribution in [3.05, 3.63) is 82.7 Å². The highest BCUT2D eigenvalue weighted by molar-refractivity contribution is 5.09. The molecule has 0 aliphatic heterocycles. The minimum absolute atomic E-state index is 0.742. The lowest BCUT2D eigenvalue weighted by Crippen LogP contribution is -2.06. The molecule has 0 bridgehead atoms. The number of unbranched alkanes of at least 4 members (excludes halogenated alkanes) is 19. The van der Waals surface area contributed by atoms with Crippen LogP contribution in [0, 0.1) is 82.9 Å². The van der Waals surface area contributed by atoms with Crippen molar-refractivity contribution in [2.75, 3.05) is 0 Å². The summed E-state index contributed by atoms with van der Waals surface area (Å²) >= 11 is 0. The molecule has 21 nitrogen and oxygen atoms in total. The summed E-state index contributed by atoms with van der Waals surface area (Å²) in [6, 6.07) is 0. The predicted molar refractivity (Wildman–Crippen MR) is 582 cm³/mol. The van der Waals surface area contributed by atoms with Crippen molar-refractivity contribution >= 4 is 0 Å². The van der Waals surface area contributed by atoms with E-state index in [0.29, 0.717) is 0 Å². The highest BCUT2D eigenvalue weighted by atomic mass is 15.4. The van der Waals surface area contributed by atoms with E-state index in [4.69, 9.17) is 0 Å². The fraction of sp³-hybridized carbons (Fsp3) is 0.878. The van der Waals surface area contributed by atoms with Gasteiger partial charge in [0.2, 0.25) is 0 Å². The average molecular weight is 1900 g/mol. The summed E-state index contributed by atoms with van der Waals surface area (Å²) in [4.78, 5) is 0. The molecule has 0 amide bonds. The summed E-state index contributed by atoms with van der Waals surface area (Å²) in [6.07, 6.45) is 79.7. The Kier molecular flexibility index (Phi) is 79.7. The Bertz CT molecular complexity index is 3460. The molecular weight excluding hydrogens is 1680 g/mol. The molecule has 0 aliphatic rings. The van der Waals surface area contributed by atoms with Crippen LogP contribution in [0.5, 0.6) is 0 Å². The van der Waals surface area contributed by atoms with Gasteiger partial charge in [-0.1, -0.05) is 424 Å². The molecule has 0 unspecified atom stereocenters. The molecule has 7 aromatic rings. The van der Waals surface area contributed by atoms with Crippen molar-refractivity contribution in [2.45, 2.75) is 573 Å². The van der Waals surface area contributed by atoms with Crippen LogP contribution < -0.4 is 0 Å². The number of nitrogens with one attached hydrogen (secondary N) is 1. The van der Waals surface area contributed by atoms with E-state index < -0.39 is 0 Å². The van der Waals surface area contributed by atoms with Gasteiger partial charge in [-0.15, -0.1) is 30.6 Å². The van der Waals surface area contributed by atoms with Crippen LogP contribution in [-0.4, -0.2) is 105 Å². The van der Waals surface area contributed by atoms with Gasteiger partial charge in [0.05, 0.1) is 57.9 Å². The Morgan fingerprint density at radius 2 is 0.390 bits per heavy atom. The molecule has 0 radical (unpaired) electrons. The average Bonchev–Trinajstić information content (AvgIpc) is 1.76. The maximum absolute atomic E-state index is 4.32. The zero-order chi connectivity index (χ0) is 101. The minimum atomic E-state index is 0.742. The Labute approximate surface area is 839 Å². The number of H-pyrrole nitrogens is 1. The quantitative estimate of drug-likeness (QED) is 0.0350. The lowest BCUT2D eigenvalue weighted by Gasteiger charge is -2.08. The molecule has 1 N–H and O–H groups in total. The molecule has 0 spiro atoms. The van der Waals surface area contributed by atoms with Gasteiger partial charge in [-0.2, -0.15) is 15.4 Å². The van der Waals surface area contributed by atoms with Crippen LogP contribution in [0.2, 0.25) is 0 Å². The number of aromatic amines is 1. The normalized spacial score (nSPS) is 11.7. The summed E-state index contributed by atoms with van der Waals surface area (Å²) in [5.74, 6) is 11.3. The van der Waals surface area contributed by atoms with Crippen molar-refractivity contribution in [2.24, 2.45) is 82.9 Å². The molecule has 0 aliphatic carbocycles. The van der Waals surface area contributed by atoms with Gasteiger partial charge in [-0.3, -0.25) is 18.7 Å². The highest BCUT2D eigenvalue weighted by Gasteiger charge is 2.14. The third-order valence-corrected chi connectivity index (χ3v) is 25.4. The fourth-order valence-corrected chi connectivity index (χ4v) is 16.4. The van der Waals surface area contributed by atoms with Crippen molar-refractivity contribution in [3.63, 3.8) is 0 Å².